The Morgan fingerprint density at radius 2 is 2.18 bits per heavy atom. The van der Waals surface area contributed by atoms with Crippen LogP contribution >= 0.6 is 0 Å². The fourth-order valence-corrected chi connectivity index (χ4v) is 1.74. The Balaban J connectivity index is 2.67. The minimum Gasteiger partial charge on any atom is -0.373 e. The number of hydrogen-bond donors (Lipinski definition) is 1. The molecular weight excluding hydrogens is 210 g/mol. The standard InChI is InChI=1S/C14H25N3/c1-5-15-10-13-6-8-16-11-14(13)17(4)9-7-12(2)3/h6,8,11-12,15H,5,7,9-10H2,1-4H3. The summed E-state index contributed by atoms with van der Waals surface area (Å²) >= 11 is 0. The average Bonchev–Trinajstić information content (AvgIpc) is 2.33. The van der Waals surface area contributed by atoms with E-state index in [1.807, 2.05) is 12.4 Å². The number of anilines is 1. The fourth-order valence-electron chi connectivity index (χ4n) is 1.74. The first-order chi connectivity index (χ1) is 8.15. The number of hydrogen-bond acceptors (Lipinski definition) is 3. The highest BCUT2D eigenvalue weighted by Gasteiger charge is 2.07. The second kappa shape index (κ2) is 7.28. The van der Waals surface area contributed by atoms with Crippen molar-refractivity contribution >= 4 is 5.69 Å². The van der Waals surface area contributed by atoms with Gasteiger partial charge in [0.1, 0.15) is 0 Å². The molecule has 0 aliphatic heterocycles. The first-order valence-corrected chi connectivity index (χ1v) is 6.49. The number of rotatable bonds is 7. The van der Waals surface area contributed by atoms with Crippen LogP contribution in [0, 0.1) is 5.92 Å². The molecule has 3 nitrogen and oxygen atoms in total. The molecule has 0 amide bonds. The van der Waals surface area contributed by atoms with Gasteiger partial charge in [0.05, 0.1) is 11.9 Å². The van der Waals surface area contributed by atoms with E-state index in [0.717, 1.165) is 25.6 Å². The summed E-state index contributed by atoms with van der Waals surface area (Å²) in [4.78, 5) is 6.54. The highest BCUT2D eigenvalue weighted by molar-refractivity contribution is 5.50. The number of nitrogens with zero attached hydrogens (tertiary/aromatic N) is 2. The van der Waals surface area contributed by atoms with Crippen molar-refractivity contribution in [1.29, 1.82) is 0 Å². The summed E-state index contributed by atoms with van der Waals surface area (Å²) in [5.74, 6) is 0.742. The third-order valence-electron chi connectivity index (χ3n) is 2.91. The summed E-state index contributed by atoms with van der Waals surface area (Å²) < 4.78 is 0. The molecule has 0 spiro atoms. The van der Waals surface area contributed by atoms with E-state index in [2.05, 4.69) is 49.1 Å². The lowest BCUT2D eigenvalue weighted by Crippen LogP contribution is -2.23. The van der Waals surface area contributed by atoms with Crippen LogP contribution in [0.2, 0.25) is 0 Å². The second-order valence-corrected chi connectivity index (χ2v) is 4.89. The van der Waals surface area contributed by atoms with E-state index in [1.165, 1.54) is 17.7 Å². The fraction of sp³-hybridized carbons (Fsp3) is 0.643. The van der Waals surface area contributed by atoms with Gasteiger partial charge >= 0.3 is 0 Å². The predicted octanol–water partition coefficient (Wildman–Crippen LogP) is 2.67. The van der Waals surface area contributed by atoms with E-state index in [0.29, 0.717) is 0 Å². The normalized spacial score (nSPS) is 10.9. The highest BCUT2D eigenvalue weighted by atomic mass is 15.1. The maximum absolute atomic E-state index is 4.23. The molecule has 3 heteroatoms. The van der Waals surface area contributed by atoms with Crippen molar-refractivity contribution in [2.45, 2.75) is 33.7 Å². The summed E-state index contributed by atoms with van der Waals surface area (Å²) in [6.07, 6.45) is 5.05. The maximum Gasteiger partial charge on any atom is 0.0595 e. The van der Waals surface area contributed by atoms with Crippen LogP contribution in [0.15, 0.2) is 18.5 Å². The topological polar surface area (TPSA) is 28.2 Å². The highest BCUT2D eigenvalue weighted by Crippen LogP contribution is 2.18. The minimum atomic E-state index is 0.742. The Labute approximate surface area is 105 Å². The largest absolute Gasteiger partial charge is 0.373 e. The van der Waals surface area contributed by atoms with Crippen LogP contribution in [0.1, 0.15) is 32.8 Å². The van der Waals surface area contributed by atoms with Crippen molar-refractivity contribution < 1.29 is 0 Å². The molecular formula is C14H25N3. The predicted molar refractivity (Wildman–Crippen MR) is 74.3 cm³/mol. The van der Waals surface area contributed by atoms with Gasteiger partial charge in [-0.2, -0.15) is 0 Å². The molecule has 0 saturated heterocycles. The van der Waals surface area contributed by atoms with E-state index in [-0.39, 0.29) is 0 Å². The van der Waals surface area contributed by atoms with E-state index in [9.17, 15) is 0 Å². The third kappa shape index (κ3) is 4.73. The van der Waals surface area contributed by atoms with Gasteiger partial charge in [-0.1, -0.05) is 20.8 Å². The zero-order valence-electron chi connectivity index (χ0n) is 11.5. The molecule has 1 aromatic heterocycles. The molecule has 1 rings (SSSR count). The van der Waals surface area contributed by atoms with Crippen LogP contribution in [0.5, 0.6) is 0 Å². The van der Waals surface area contributed by atoms with E-state index < -0.39 is 0 Å². The number of aromatic nitrogens is 1. The van der Waals surface area contributed by atoms with Gasteiger partial charge in [0.15, 0.2) is 0 Å². The van der Waals surface area contributed by atoms with Crippen molar-refractivity contribution in [2.24, 2.45) is 5.92 Å². The molecule has 17 heavy (non-hydrogen) atoms. The Kier molecular flexibility index (Phi) is 5.98. The number of pyridine rings is 1. The van der Waals surface area contributed by atoms with Gasteiger partial charge in [-0.3, -0.25) is 4.98 Å². The first kappa shape index (κ1) is 14.0. The minimum absolute atomic E-state index is 0.742. The molecule has 0 bridgehead atoms. The Hall–Kier alpha value is -1.09. The molecule has 0 unspecified atom stereocenters. The molecule has 0 fully saturated rings. The summed E-state index contributed by atoms with van der Waals surface area (Å²) in [6.45, 7) is 9.65. The SMILES string of the molecule is CCNCc1ccncc1N(C)CCC(C)C. The van der Waals surface area contributed by atoms with Crippen LogP contribution in [-0.4, -0.2) is 25.1 Å². The molecule has 0 radical (unpaired) electrons. The van der Waals surface area contributed by atoms with Crippen LogP contribution in [0.4, 0.5) is 5.69 Å². The first-order valence-electron chi connectivity index (χ1n) is 6.49. The molecule has 0 aliphatic carbocycles. The van der Waals surface area contributed by atoms with E-state index in [1.54, 1.807) is 0 Å². The summed E-state index contributed by atoms with van der Waals surface area (Å²) in [5.41, 5.74) is 2.57. The third-order valence-corrected chi connectivity index (χ3v) is 2.91. The summed E-state index contributed by atoms with van der Waals surface area (Å²) in [5, 5.41) is 3.37. The van der Waals surface area contributed by atoms with Crippen molar-refractivity contribution in [3.8, 4) is 0 Å². The van der Waals surface area contributed by atoms with Gasteiger partial charge in [0.2, 0.25) is 0 Å². The summed E-state index contributed by atoms with van der Waals surface area (Å²) in [6, 6.07) is 2.10. The van der Waals surface area contributed by atoms with Gasteiger partial charge in [-0.25, -0.2) is 0 Å². The van der Waals surface area contributed by atoms with Gasteiger partial charge in [0.25, 0.3) is 0 Å². The zero-order chi connectivity index (χ0) is 12.7. The average molecular weight is 235 g/mol. The van der Waals surface area contributed by atoms with Crippen LogP contribution in [-0.2, 0) is 6.54 Å². The monoisotopic (exact) mass is 235 g/mol. The smallest absolute Gasteiger partial charge is 0.0595 e. The van der Waals surface area contributed by atoms with Gasteiger partial charge < -0.3 is 10.2 Å². The molecule has 0 aromatic carbocycles. The summed E-state index contributed by atoms with van der Waals surface area (Å²) in [7, 11) is 2.15. The Morgan fingerprint density at radius 3 is 2.82 bits per heavy atom. The zero-order valence-corrected chi connectivity index (χ0v) is 11.5. The van der Waals surface area contributed by atoms with Crippen molar-refractivity contribution in [3.05, 3.63) is 24.0 Å². The molecule has 1 aromatic rings. The Bertz CT molecular complexity index is 323. The van der Waals surface area contributed by atoms with Crippen LogP contribution in [0.25, 0.3) is 0 Å². The lowest BCUT2D eigenvalue weighted by atomic mass is 10.1. The number of nitrogens with one attached hydrogen (secondary N) is 1. The van der Waals surface area contributed by atoms with Crippen molar-refractivity contribution in [3.63, 3.8) is 0 Å². The quantitative estimate of drug-likeness (QED) is 0.787. The maximum atomic E-state index is 4.23. The van der Waals surface area contributed by atoms with E-state index >= 15 is 0 Å². The molecule has 0 atom stereocenters. The van der Waals surface area contributed by atoms with Crippen molar-refractivity contribution in [2.75, 3.05) is 25.0 Å². The lowest BCUT2D eigenvalue weighted by molar-refractivity contribution is 0.584. The molecule has 1 N–H and O–H groups in total. The van der Waals surface area contributed by atoms with Crippen LogP contribution < -0.4 is 10.2 Å². The molecule has 96 valence electrons. The molecule has 0 saturated carbocycles. The van der Waals surface area contributed by atoms with Crippen LogP contribution in [0.3, 0.4) is 0 Å². The van der Waals surface area contributed by atoms with Gasteiger partial charge in [-0.05, 0) is 30.5 Å². The lowest BCUT2D eigenvalue weighted by Gasteiger charge is -2.23. The molecule has 0 aliphatic rings. The van der Waals surface area contributed by atoms with Gasteiger partial charge in [0, 0.05) is 26.3 Å². The Morgan fingerprint density at radius 1 is 1.41 bits per heavy atom. The van der Waals surface area contributed by atoms with Gasteiger partial charge in [-0.15, -0.1) is 0 Å². The second-order valence-electron chi connectivity index (χ2n) is 4.89. The van der Waals surface area contributed by atoms with Crippen molar-refractivity contribution in [1.82, 2.24) is 10.3 Å². The van der Waals surface area contributed by atoms with E-state index in [4.69, 9.17) is 0 Å². The molecule has 1 heterocycles.